The zero-order valence-electron chi connectivity index (χ0n) is 10.1. The SMILES string of the molecule is OC1c2ccccc2CCC1C1CCCOC1. The van der Waals surface area contributed by atoms with Gasteiger partial charge in [0.25, 0.3) is 0 Å². The maximum absolute atomic E-state index is 10.5. The number of ether oxygens (including phenoxy) is 1. The molecule has 1 aliphatic carbocycles. The first-order chi connectivity index (χ1) is 8.36. The van der Waals surface area contributed by atoms with Crippen molar-refractivity contribution in [1.29, 1.82) is 0 Å². The van der Waals surface area contributed by atoms with Crippen molar-refractivity contribution in [2.75, 3.05) is 13.2 Å². The van der Waals surface area contributed by atoms with Crippen LogP contribution in [-0.4, -0.2) is 18.3 Å². The molecule has 3 atom stereocenters. The van der Waals surface area contributed by atoms with E-state index in [4.69, 9.17) is 4.74 Å². The summed E-state index contributed by atoms with van der Waals surface area (Å²) in [5.41, 5.74) is 2.47. The van der Waals surface area contributed by atoms with Crippen LogP contribution in [0, 0.1) is 11.8 Å². The molecule has 0 amide bonds. The zero-order chi connectivity index (χ0) is 11.7. The fourth-order valence-corrected chi connectivity index (χ4v) is 3.36. The Bertz CT molecular complexity index is 382. The average molecular weight is 232 g/mol. The molecule has 0 radical (unpaired) electrons. The van der Waals surface area contributed by atoms with E-state index in [1.54, 1.807) is 0 Å². The van der Waals surface area contributed by atoms with E-state index < -0.39 is 0 Å². The number of aliphatic hydroxyl groups excluding tert-OH is 1. The second-order valence-corrected chi connectivity index (χ2v) is 5.32. The van der Waals surface area contributed by atoms with Gasteiger partial charge in [0, 0.05) is 13.2 Å². The molecule has 3 rings (SSSR count). The fraction of sp³-hybridized carbons (Fsp3) is 0.600. The lowest BCUT2D eigenvalue weighted by molar-refractivity contribution is -0.0191. The van der Waals surface area contributed by atoms with Gasteiger partial charge in [-0.05, 0) is 48.6 Å². The monoisotopic (exact) mass is 232 g/mol. The Morgan fingerprint density at radius 3 is 2.88 bits per heavy atom. The van der Waals surface area contributed by atoms with Gasteiger partial charge in [-0.15, -0.1) is 0 Å². The third-order valence-electron chi connectivity index (χ3n) is 4.33. The van der Waals surface area contributed by atoms with E-state index in [9.17, 15) is 5.11 Å². The molecule has 1 aromatic carbocycles. The maximum Gasteiger partial charge on any atom is 0.0824 e. The molecule has 1 aromatic rings. The van der Waals surface area contributed by atoms with Gasteiger partial charge in [-0.1, -0.05) is 24.3 Å². The molecule has 3 unspecified atom stereocenters. The van der Waals surface area contributed by atoms with Gasteiger partial charge in [-0.25, -0.2) is 0 Å². The predicted octanol–water partition coefficient (Wildman–Crippen LogP) is 2.71. The molecule has 2 nitrogen and oxygen atoms in total. The van der Waals surface area contributed by atoms with Gasteiger partial charge >= 0.3 is 0 Å². The summed E-state index contributed by atoms with van der Waals surface area (Å²) in [7, 11) is 0. The van der Waals surface area contributed by atoms with Crippen LogP contribution in [0.25, 0.3) is 0 Å². The van der Waals surface area contributed by atoms with Crippen LogP contribution in [0.1, 0.15) is 36.5 Å². The number of hydrogen-bond acceptors (Lipinski definition) is 2. The van der Waals surface area contributed by atoms with Crippen molar-refractivity contribution in [2.24, 2.45) is 11.8 Å². The summed E-state index contributed by atoms with van der Waals surface area (Å²) < 4.78 is 5.56. The molecule has 1 N–H and O–H groups in total. The highest BCUT2D eigenvalue weighted by atomic mass is 16.5. The predicted molar refractivity (Wildman–Crippen MR) is 66.8 cm³/mol. The molecule has 2 heteroatoms. The Hall–Kier alpha value is -0.860. The number of rotatable bonds is 1. The summed E-state index contributed by atoms with van der Waals surface area (Å²) in [5, 5.41) is 10.5. The third kappa shape index (κ3) is 2.12. The molecule has 0 saturated carbocycles. The molecule has 1 aliphatic heterocycles. The lowest BCUT2D eigenvalue weighted by Crippen LogP contribution is -2.32. The Labute approximate surface area is 103 Å². The van der Waals surface area contributed by atoms with Crippen molar-refractivity contribution < 1.29 is 9.84 Å². The van der Waals surface area contributed by atoms with Gasteiger partial charge in [0.2, 0.25) is 0 Å². The Balaban J connectivity index is 1.81. The molecule has 92 valence electrons. The van der Waals surface area contributed by atoms with E-state index in [-0.39, 0.29) is 6.10 Å². The molecule has 1 fully saturated rings. The van der Waals surface area contributed by atoms with Crippen molar-refractivity contribution in [1.82, 2.24) is 0 Å². The van der Waals surface area contributed by atoms with Crippen LogP contribution in [0.2, 0.25) is 0 Å². The minimum atomic E-state index is -0.286. The number of hydrogen-bond donors (Lipinski definition) is 1. The molecule has 2 aliphatic rings. The fourth-order valence-electron chi connectivity index (χ4n) is 3.36. The van der Waals surface area contributed by atoms with Crippen LogP contribution in [0.4, 0.5) is 0 Å². The van der Waals surface area contributed by atoms with Crippen molar-refractivity contribution >= 4 is 0 Å². The Morgan fingerprint density at radius 1 is 1.18 bits per heavy atom. The van der Waals surface area contributed by atoms with Crippen molar-refractivity contribution in [3.8, 4) is 0 Å². The van der Waals surface area contributed by atoms with E-state index in [0.29, 0.717) is 11.8 Å². The molecule has 0 bridgehead atoms. The minimum absolute atomic E-state index is 0.286. The van der Waals surface area contributed by atoms with Gasteiger partial charge < -0.3 is 9.84 Å². The van der Waals surface area contributed by atoms with Crippen molar-refractivity contribution in [3.05, 3.63) is 35.4 Å². The number of fused-ring (bicyclic) bond motifs is 1. The third-order valence-corrected chi connectivity index (χ3v) is 4.33. The first kappa shape index (κ1) is 11.2. The summed E-state index contributed by atoms with van der Waals surface area (Å²) in [6.07, 6.45) is 4.28. The topological polar surface area (TPSA) is 29.5 Å². The second kappa shape index (κ2) is 4.79. The summed E-state index contributed by atoms with van der Waals surface area (Å²) >= 11 is 0. The minimum Gasteiger partial charge on any atom is -0.388 e. The van der Waals surface area contributed by atoms with Crippen LogP contribution in [0.3, 0.4) is 0 Å². The highest BCUT2D eigenvalue weighted by Gasteiger charge is 2.34. The number of aryl methyl sites for hydroxylation is 1. The van der Waals surface area contributed by atoms with Crippen LogP contribution in [-0.2, 0) is 11.2 Å². The summed E-state index contributed by atoms with van der Waals surface area (Å²) in [6, 6.07) is 8.32. The first-order valence-corrected chi connectivity index (χ1v) is 6.70. The van der Waals surface area contributed by atoms with E-state index in [1.165, 1.54) is 12.0 Å². The average Bonchev–Trinajstić information content (AvgIpc) is 2.40. The summed E-state index contributed by atoms with van der Waals surface area (Å²) in [6.45, 7) is 1.74. The Morgan fingerprint density at radius 2 is 2.06 bits per heavy atom. The van der Waals surface area contributed by atoms with Crippen molar-refractivity contribution in [2.45, 2.75) is 31.8 Å². The van der Waals surface area contributed by atoms with Crippen LogP contribution < -0.4 is 0 Å². The largest absolute Gasteiger partial charge is 0.388 e. The van der Waals surface area contributed by atoms with Crippen LogP contribution >= 0.6 is 0 Å². The molecule has 1 heterocycles. The normalized spacial score (nSPS) is 33.1. The van der Waals surface area contributed by atoms with Gasteiger partial charge in [0.1, 0.15) is 0 Å². The summed E-state index contributed by atoms with van der Waals surface area (Å²) in [5.74, 6) is 0.942. The molecular formula is C15H20O2. The van der Waals surface area contributed by atoms with Gasteiger partial charge in [-0.2, -0.15) is 0 Å². The molecule has 0 aromatic heterocycles. The first-order valence-electron chi connectivity index (χ1n) is 6.70. The molecule has 1 saturated heterocycles. The van der Waals surface area contributed by atoms with Gasteiger partial charge in [0.05, 0.1) is 6.10 Å². The van der Waals surface area contributed by atoms with E-state index in [1.807, 2.05) is 6.07 Å². The van der Waals surface area contributed by atoms with E-state index >= 15 is 0 Å². The van der Waals surface area contributed by atoms with Gasteiger partial charge in [-0.3, -0.25) is 0 Å². The summed E-state index contributed by atoms with van der Waals surface area (Å²) in [4.78, 5) is 0. The van der Waals surface area contributed by atoms with Crippen molar-refractivity contribution in [3.63, 3.8) is 0 Å². The van der Waals surface area contributed by atoms with Crippen LogP contribution in [0.15, 0.2) is 24.3 Å². The molecule has 0 spiro atoms. The molecular weight excluding hydrogens is 212 g/mol. The zero-order valence-corrected chi connectivity index (χ0v) is 10.1. The van der Waals surface area contributed by atoms with E-state index in [0.717, 1.165) is 38.0 Å². The lowest BCUT2D eigenvalue weighted by Gasteiger charge is -2.37. The standard InChI is InChI=1S/C15H20O2/c16-15-13-6-2-1-4-11(13)7-8-14(15)12-5-3-9-17-10-12/h1-2,4,6,12,14-16H,3,5,7-10H2. The highest BCUT2D eigenvalue weighted by molar-refractivity contribution is 5.32. The van der Waals surface area contributed by atoms with Gasteiger partial charge in [0.15, 0.2) is 0 Å². The lowest BCUT2D eigenvalue weighted by atomic mass is 9.73. The maximum atomic E-state index is 10.5. The smallest absolute Gasteiger partial charge is 0.0824 e. The number of benzene rings is 1. The van der Waals surface area contributed by atoms with E-state index in [2.05, 4.69) is 18.2 Å². The molecule has 17 heavy (non-hydrogen) atoms. The second-order valence-electron chi connectivity index (χ2n) is 5.32. The quantitative estimate of drug-likeness (QED) is 0.806. The highest BCUT2D eigenvalue weighted by Crippen LogP contribution is 2.40. The number of aliphatic hydroxyl groups is 1. The van der Waals surface area contributed by atoms with Crippen LogP contribution in [0.5, 0.6) is 0 Å². The Kier molecular flexibility index (Phi) is 3.17.